The number of carbonyl (C=O) groups is 3. The van der Waals surface area contributed by atoms with Gasteiger partial charge >= 0.3 is 5.97 Å². The normalized spacial score (nSPS) is 26.2. The van der Waals surface area contributed by atoms with Crippen molar-refractivity contribution in [3.05, 3.63) is 35.7 Å². The minimum Gasteiger partial charge on any atom is -0.480 e. The Bertz CT molecular complexity index is 986. The van der Waals surface area contributed by atoms with E-state index in [1.807, 2.05) is 0 Å². The molecule has 0 saturated carbocycles. The lowest BCUT2D eigenvalue weighted by atomic mass is 9.91. The molecule has 0 aliphatic carbocycles. The number of pyridine rings is 1. The molecule has 2 aliphatic rings. The van der Waals surface area contributed by atoms with Crippen molar-refractivity contribution in [2.45, 2.75) is 30.0 Å². The van der Waals surface area contributed by atoms with Crippen molar-refractivity contribution in [2.24, 2.45) is 5.73 Å². The molecule has 3 heterocycles. The fourth-order valence-electron chi connectivity index (χ4n) is 3.57. The molecule has 2 aliphatic heterocycles. The largest absolute Gasteiger partial charge is 0.480 e. The molecule has 28 heavy (non-hydrogen) atoms. The molecule has 0 unspecified atom stereocenters. The van der Waals surface area contributed by atoms with E-state index in [4.69, 9.17) is 5.73 Å². The van der Waals surface area contributed by atoms with Crippen molar-refractivity contribution < 1.29 is 27.9 Å². The Hall–Kier alpha value is -2.79. The zero-order valence-electron chi connectivity index (χ0n) is 15.2. The molecule has 4 N–H and O–H groups in total. The third-order valence-electron chi connectivity index (χ3n) is 5.01. The lowest BCUT2D eigenvalue weighted by molar-refractivity contribution is -0.152. The lowest BCUT2D eigenvalue weighted by Crippen LogP contribution is -2.59. The average molecular weight is 408 g/mol. The summed E-state index contributed by atoms with van der Waals surface area (Å²) in [5.41, 5.74) is 5.05. The van der Waals surface area contributed by atoms with E-state index >= 15 is 0 Å². The number of sulfone groups is 1. The van der Waals surface area contributed by atoms with E-state index in [1.54, 1.807) is 12.1 Å². The standard InChI is InChI=1S/C17H20N4O6S/c1-17(2)12(16(24)25)21-14(23)11(15(21)28(17,26)27)10(13(22)20-8-6-18)9-5-3-4-7-19-9/h3-5,7,12,15H,6,8,18H2,1-2H3,(H,20,22)(H,24,25)/b11-10-/t12-,15+/m0/s1. The van der Waals surface area contributed by atoms with Crippen molar-refractivity contribution >= 4 is 33.2 Å². The van der Waals surface area contributed by atoms with Crippen LogP contribution in [-0.4, -0.2) is 70.4 Å². The predicted molar refractivity (Wildman–Crippen MR) is 98.3 cm³/mol. The van der Waals surface area contributed by atoms with Crippen LogP contribution >= 0.6 is 0 Å². The second-order valence-electron chi connectivity index (χ2n) is 7.00. The number of hydrogen-bond donors (Lipinski definition) is 3. The number of carbonyl (C=O) groups excluding carboxylic acids is 2. The Kier molecular flexibility index (Phi) is 4.76. The number of nitrogens with zero attached hydrogens (tertiary/aromatic N) is 2. The fourth-order valence-corrected chi connectivity index (χ4v) is 5.71. The number of β-lactam (4-membered cyclic amide) rings is 1. The highest BCUT2D eigenvalue weighted by molar-refractivity contribution is 7.94. The number of nitrogens with one attached hydrogen (secondary N) is 1. The van der Waals surface area contributed by atoms with Crippen LogP contribution in [0.5, 0.6) is 0 Å². The molecule has 150 valence electrons. The molecule has 0 aromatic carbocycles. The molecule has 1 aromatic rings. The van der Waals surface area contributed by atoms with Gasteiger partial charge in [-0.15, -0.1) is 0 Å². The maximum absolute atomic E-state index is 13.1. The number of nitrogens with two attached hydrogens (primary N) is 1. The van der Waals surface area contributed by atoms with E-state index in [2.05, 4.69) is 10.3 Å². The highest BCUT2D eigenvalue weighted by Gasteiger charge is 2.71. The van der Waals surface area contributed by atoms with Crippen molar-refractivity contribution in [3.8, 4) is 0 Å². The van der Waals surface area contributed by atoms with Crippen molar-refractivity contribution in [3.63, 3.8) is 0 Å². The van der Waals surface area contributed by atoms with Gasteiger partial charge in [0.25, 0.3) is 11.8 Å². The van der Waals surface area contributed by atoms with Crippen LogP contribution in [0.2, 0.25) is 0 Å². The summed E-state index contributed by atoms with van der Waals surface area (Å²) in [5.74, 6) is -2.93. The van der Waals surface area contributed by atoms with Gasteiger partial charge in [0.1, 0.15) is 4.75 Å². The lowest BCUT2D eigenvalue weighted by Gasteiger charge is -2.39. The van der Waals surface area contributed by atoms with Crippen LogP contribution in [0.15, 0.2) is 30.0 Å². The smallest absolute Gasteiger partial charge is 0.328 e. The number of carboxylic acids is 1. The van der Waals surface area contributed by atoms with Crippen LogP contribution < -0.4 is 11.1 Å². The molecule has 0 bridgehead atoms. The summed E-state index contributed by atoms with van der Waals surface area (Å²) >= 11 is 0. The molecule has 0 radical (unpaired) electrons. The van der Waals surface area contributed by atoms with Crippen LogP contribution in [-0.2, 0) is 24.2 Å². The first-order valence-corrected chi connectivity index (χ1v) is 10.0. The summed E-state index contributed by atoms with van der Waals surface area (Å²) in [6.07, 6.45) is 1.40. The quantitative estimate of drug-likeness (QED) is 0.402. The van der Waals surface area contributed by atoms with Crippen LogP contribution in [0.4, 0.5) is 0 Å². The van der Waals surface area contributed by atoms with Gasteiger partial charge in [0.05, 0.1) is 16.8 Å². The SMILES string of the molecule is CC1(C)[C@H](C(=O)O)N2C(=O)/C(=C(/C(=O)NCCN)c3ccccn3)[C@H]2S1(=O)=O. The van der Waals surface area contributed by atoms with Gasteiger partial charge in [0.2, 0.25) is 0 Å². The monoisotopic (exact) mass is 408 g/mol. The highest BCUT2D eigenvalue weighted by Crippen LogP contribution is 2.50. The van der Waals surface area contributed by atoms with Gasteiger partial charge in [-0.3, -0.25) is 14.6 Å². The minimum atomic E-state index is -4.12. The molecule has 2 amide bonds. The fraction of sp³-hybridized carbons (Fsp3) is 0.412. The first kappa shape index (κ1) is 20.0. The maximum Gasteiger partial charge on any atom is 0.328 e. The van der Waals surface area contributed by atoms with Crippen LogP contribution in [0.25, 0.3) is 5.57 Å². The predicted octanol–water partition coefficient (Wildman–Crippen LogP) is -1.26. The summed E-state index contributed by atoms with van der Waals surface area (Å²) in [6, 6.07) is 3.12. The Morgan fingerprint density at radius 2 is 2.04 bits per heavy atom. The molecule has 2 atom stereocenters. The molecular formula is C17H20N4O6S. The number of rotatable bonds is 5. The molecule has 1 aromatic heterocycles. The van der Waals surface area contributed by atoms with E-state index in [1.165, 1.54) is 26.1 Å². The number of hydrogen-bond acceptors (Lipinski definition) is 7. The molecular weight excluding hydrogens is 388 g/mol. The van der Waals surface area contributed by atoms with Gasteiger partial charge in [0, 0.05) is 19.3 Å². The summed E-state index contributed by atoms with van der Waals surface area (Å²) in [4.78, 5) is 42.1. The molecule has 11 heteroatoms. The summed E-state index contributed by atoms with van der Waals surface area (Å²) < 4.78 is 24.4. The number of carboxylic acid groups (broad SMARTS) is 1. The zero-order valence-corrected chi connectivity index (χ0v) is 16.1. The van der Waals surface area contributed by atoms with Crippen LogP contribution in [0.3, 0.4) is 0 Å². The van der Waals surface area contributed by atoms with E-state index in [0.29, 0.717) is 0 Å². The van der Waals surface area contributed by atoms with Gasteiger partial charge in [-0.25, -0.2) is 13.2 Å². The van der Waals surface area contributed by atoms with Gasteiger partial charge in [-0.1, -0.05) is 6.07 Å². The number of amides is 2. The first-order valence-electron chi connectivity index (χ1n) is 8.50. The molecule has 3 rings (SSSR count). The number of fused-ring (bicyclic) bond motifs is 1. The summed E-state index contributed by atoms with van der Waals surface area (Å²) in [7, 11) is -4.12. The van der Waals surface area contributed by atoms with Crippen LogP contribution in [0, 0.1) is 0 Å². The van der Waals surface area contributed by atoms with Crippen LogP contribution in [0.1, 0.15) is 19.5 Å². The van der Waals surface area contributed by atoms with Gasteiger partial charge in [-0.2, -0.15) is 0 Å². The van der Waals surface area contributed by atoms with Gasteiger partial charge < -0.3 is 21.1 Å². The van der Waals surface area contributed by atoms with Crippen molar-refractivity contribution in [2.75, 3.05) is 13.1 Å². The average Bonchev–Trinajstić information content (AvgIpc) is 2.78. The number of aliphatic carboxylic acids is 1. The van der Waals surface area contributed by atoms with E-state index < -0.39 is 43.8 Å². The Morgan fingerprint density at radius 3 is 2.57 bits per heavy atom. The van der Waals surface area contributed by atoms with E-state index in [9.17, 15) is 27.9 Å². The Balaban J connectivity index is 2.22. The maximum atomic E-state index is 13.1. The molecule has 2 fully saturated rings. The second kappa shape index (κ2) is 6.67. The first-order chi connectivity index (χ1) is 13.1. The second-order valence-corrected chi connectivity index (χ2v) is 9.59. The molecule has 0 spiro atoms. The van der Waals surface area contributed by atoms with Crippen molar-refractivity contribution in [1.82, 2.24) is 15.2 Å². The topological polar surface area (TPSA) is 160 Å². The Labute approximate surface area is 161 Å². The highest BCUT2D eigenvalue weighted by atomic mass is 32.2. The van der Waals surface area contributed by atoms with Gasteiger partial charge in [-0.05, 0) is 26.0 Å². The minimum absolute atomic E-state index is 0.112. The summed E-state index contributed by atoms with van der Waals surface area (Å²) in [5, 5.41) is 10.5. The third-order valence-corrected chi connectivity index (χ3v) is 7.75. The summed E-state index contributed by atoms with van der Waals surface area (Å²) in [6.45, 7) is 2.78. The van der Waals surface area contributed by atoms with Gasteiger partial charge in [0.15, 0.2) is 21.3 Å². The zero-order chi connectivity index (χ0) is 20.9. The van der Waals surface area contributed by atoms with E-state index in [0.717, 1.165) is 4.90 Å². The Morgan fingerprint density at radius 1 is 1.36 bits per heavy atom. The van der Waals surface area contributed by atoms with E-state index in [-0.39, 0.29) is 29.9 Å². The molecule has 2 saturated heterocycles. The molecule has 10 nitrogen and oxygen atoms in total. The third kappa shape index (κ3) is 2.61. The van der Waals surface area contributed by atoms with Crippen molar-refractivity contribution in [1.29, 1.82) is 0 Å². The number of aromatic nitrogens is 1.